The number of aryl methyl sites for hydroxylation is 1. The van der Waals surface area contributed by atoms with Gasteiger partial charge in [0, 0.05) is 26.7 Å². The normalized spacial score (nSPS) is 20.3. The van der Waals surface area contributed by atoms with Gasteiger partial charge in [0.1, 0.15) is 30.3 Å². The van der Waals surface area contributed by atoms with Crippen LogP contribution in [0.4, 0.5) is 0 Å². The summed E-state index contributed by atoms with van der Waals surface area (Å²) in [6, 6.07) is 16.1. The van der Waals surface area contributed by atoms with Gasteiger partial charge in [0.15, 0.2) is 0 Å². The first-order valence-electron chi connectivity index (χ1n) is 8.99. The smallest absolute Gasteiger partial charge is 0.139 e. The second kappa shape index (κ2) is 9.03. The van der Waals surface area contributed by atoms with Crippen LogP contribution in [0, 0.1) is 6.92 Å². The van der Waals surface area contributed by atoms with Crippen LogP contribution < -0.4 is 9.47 Å². The minimum Gasteiger partial charge on any atom is -0.491 e. The predicted octanol–water partition coefficient (Wildman–Crippen LogP) is 2.64. The molecule has 26 heavy (non-hydrogen) atoms. The minimum atomic E-state index is 0.0222. The average Bonchev–Trinajstić information content (AvgIpc) is 3.02. The van der Waals surface area contributed by atoms with E-state index in [2.05, 4.69) is 36.1 Å². The number of likely N-dealkylation sites (tertiary alicyclic amines) is 1. The molecule has 2 aromatic carbocycles. The van der Waals surface area contributed by atoms with E-state index in [9.17, 15) is 0 Å². The first-order chi connectivity index (χ1) is 12.7. The van der Waals surface area contributed by atoms with Crippen molar-refractivity contribution in [3.05, 3.63) is 59.7 Å². The summed E-state index contributed by atoms with van der Waals surface area (Å²) in [5.41, 5.74) is 2.40. The summed E-state index contributed by atoms with van der Waals surface area (Å²) in [4.78, 5) is 2.35. The summed E-state index contributed by atoms with van der Waals surface area (Å²) < 4.78 is 17.2. The standard InChI is InChI=1S/C21H27NO4/c1-16-4-3-5-19(12-16)26-21-15-22(14-20(21)24-2)13-17-6-8-18(9-7-17)25-11-10-23/h3-9,12,20-21,23H,10-11,13-15H2,1-2H3/t20-,21-/m0/s1. The molecule has 1 N–H and O–H groups in total. The van der Waals surface area contributed by atoms with E-state index in [0.717, 1.165) is 31.1 Å². The maximum absolute atomic E-state index is 8.81. The highest BCUT2D eigenvalue weighted by atomic mass is 16.5. The SMILES string of the molecule is CO[C@H]1CN(Cc2ccc(OCCO)cc2)C[C@@H]1Oc1cccc(C)c1. The van der Waals surface area contributed by atoms with Gasteiger partial charge >= 0.3 is 0 Å². The van der Waals surface area contributed by atoms with Gasteiger partial charge in [0.05, 0.1) is 6.61 Å². The molecule has 5 heteroatoms. The van der Waals surface area contributed by atoms with Crippen LogP contribution >= 0.6 is 0 Å². The highest BCUT2D eigenvalue weighted by Gasteiger charge is 2.34. The molecule has 0 spiro atoms. The number of rotatable bonds is 8. The Bertz CT molecular complexity index is 689. The zero-order valence-corrected chi connectivity index (χ0v) is 15.4. The Morgan fingerprint density at radius 1 is 1.04 bits per heavy atom. The molecular formula is C21H27NO4. The van der Waals surface area contributed by atoms with Gasteiger partial charge in [-0.1, -0.05) is 24.3 Å². The Labute approximate surface area is 155 Å². The quantitative estimate of drug-likeness (QED) is 0.787. The molecule has 0 aliphatic carbocycles. The second-order valence-corrected chi connectivity index (χ2v) is 6.66. The van der Waals surface area contributed by atoms with Crippen LogP contribution in [0.5, 0.6) is 11.5 Å². The Morgan fingerprint density at radius 3 is 2.50 bits per heavy atom. The van der Waals surface area contributed by atoms with Gasteiger partial charge in [0.2, 0.25) is 0 Å². The molecule has 0 aromatic heterocycles. The summed E-state index contributed by atoms with van der Waals surface area (Å²) in [7, 11) is 1.74. The molecule has 3 rings (SSSR count). The van der Waals surface area contributed by atoms with Crippen LogP contribution in [0.25, 0.3) is 0 Å². The van der Waals surface area contributed by atoms with Crippen molar-refractivity contribution in [1.29, 1.82) is 0 Å². The maximum Gasteiger partial charge on any atom is 0.139 e. The fourth-order valence-electron chi connectivity index (χ4n) is 3.26. The Kier molecular flexibility index (Phi) is 6.50. The van der Waals surface area contributed by atoms with Gasteiger partial charge < -0.3 is 19.3 Å². The number of ether oxygens (including phenoxy) is 3. The van der Waals surface area contributed by atoms with Gasteiger partial charge in [-0.05, 0) is 42.3 Å². The highest BCUT2D eigenvalue weighted by molar-refractivity contribution is 5.29. The van der Waals surface area contributed by atoms with Gasteiger partial charge in [0.25, 0.3) is 0 Å². The number of hydrogen-bond acceptors (Lipinski definition) is 5. The molecule has 0 radical (unpaired) electrons. The van der Waals surface area contributed by atoms with E-state index in [0.29, 0.717) is 6.61 Å². The number of methoxy groups -OCH3 is 1. The van der Waals surface area contributed by atoms with Crippen molar-refractivity contribution in [2.45, 2.75) is 25.7 Å². The molecule has 0 bridgehead atoms. The van der Waals surface area contributed by atoms with Crippen LogP contribution in [0.1, 0.15) is 11.1 Å². The van der Waals surface area contributed by atoms with E-state index in [-0.39, 0.29) is 18.8 Å². The van der Waals surface area contributed by atoms with Crippen LogP contribution in [0.3, 0.4) is 0 Å². The van der Waals surface area contributed by atoms with E-state index >= 15 is 0 Å². The van der Waals surface area contributed by atoms with E-state index < -0.39 is 0 Å². The summed E-state index contributed by atoms with van der Waals surface area (Å²) >= 11 is 0. The summed E-state index contributed by atoms with van der Waals surface area (Å²) in [6.45, 7) is 4.92. The van der Waals surface area contributed by atoms with Crippen LogP contribution in [0.2, 0.25) is 0 Å². The Balaban J connectivity index is 1.58. The van der Waals surface area contributed by atoms with Crippen molar-refractivity contribution in [2.75, 3.05) is 33.4 Å². The molecule has 1 fully saturated rings. The molecule has 1 saturated heterocycles. The summed E-state index contributed by atoms with van der Waals surface area (Å²) in [6.07, 6.45) is 0.0802. The third-order valence-corrected chi connectivity index (χ3v) is 4.56. The number of hydrogen-bond donors (Lipinski definition) is 1. The lowest BCUT2D eigenvalue weighted by Gasteiger charge is -2.19. The molecule has 2 aromatic rings. The zero-order chi connectivity index (χ0) is 18.4. The number of aliphatic hydroxyl groups is 1. The lowest BCUT2D eigenvalue weighted by molar-refractivity contribution is 0.0340. The molecule has 1 aliphatic rings. The van der Waals surface area contributed by atoms with Crippen molar-refractivity contribution in [1.82, 2.24) is 4.90 Å². The van der Waals surface area contributed by atoms with Crippen molar-refractivity contribution in [3.63, 3.8) is 0 Å². The summed E-state index contributed by atoms with van der Waals surface area (Å²) in [5.74, 6) is 1.67. The fourth-order valence-corrected chi connectivity index (χ4v) is 3.26. The Hall–Kier alpha value is -2.08. The van der Waals surface area contributed by atoms with E-state index in [1.54, 1.807) is 7.11 Å². The van der Waals surface area contributed by atoms with E-state index in [1.165, 1.54) is 11.1 Å². The minimum absolute atomic E-state index is 0.0222. The number of nitrogens with zero attached hydrogens (tertiary/aromatic N) is 1. The molecule has 140 valence electrons. The van der Waals surface area contributed by atoms with Crippen molar-refractivity contribution >= 4 is 0 Å². The largest absolute Gasteiger partial charge is 0.491 e. The van der Waals surface area contributed by atoms with Gasteiger partial charge in [-0.25, -0.2) is 0 Å². The van der Waals surface area contributed by atoms with Gasteiger partial charge in [-0.3, -0.25) is 4.90 Å². The molecule has 1 aliphatic heterocycles. The second-order valence-electron chi connectivity index (χ2n) is 6.66. The lowest BCUT2D eigenvalue weighted by Crippen LogP contribution is -2.31. The molecule has 1 heterocycles. The molecule has 0 unspecified atom stereocenters. The third-order valence-electron chi connectivity index (χ3n) is 4.56. The highest BCUT2D eigenvalue weighted by Crippen LogP contribution is 2.23. The molecule has 0 saturated carbocycles. The number of benzene rings is 2. The van der Waals surface area contributed by atoms with Crippen molar-refractivity contribution in [2.24, 2.45) is 0 Å². The first-order valence-corrected chi connectivity index (χ1v) is 8.99. The van der Waals surface area contributed by atoms with Crippen molar-refractivity contribution < 1.29 is 19.3 Å². The topological polar surface area (TPSA) is 51.2 Å². The van der Waals surface area contributed by atoms with E-state index in [4.69, 9.17) is 19.3 Å². The predicted molar refractivity (Wildman–Crippen MR) is 101 cm³/mol. The first kappa shape index (κ1) is 18.7. The van der Waals surface area contributed by atoms with Crippen LogP contribution in [-0.4, -0.2) is 55.6 Å². The molecular weight excluding hydrogens is 330 g/mol. The third kappa shape index (κ3) is 4.97. The maximum atomic E-state index is 8.81. The Morgan fingerprint density at radius 2 is 1.81 bits per heavy atom. The fraction of sp³-hybridized carbons (Fsp3) is 0.429. The summed E-state index contributed by atoms with van der Waals surface area (Å²) in [5, 5.41) is 8.81. The van der Waals surface area contributed by atoms with Gasteiger partial charge in [-0.2, -0.15) is 0 Å². The average molecular weight is 357 g/mol. The zero-order valence-electron chi connectivity index (χ0n) is 15.4. The number of aliphatic hydroxyl groups excluding tert-OH is 1. The molecule has 0 amide bonds. The molecule has 5 nitrogen and oxygen atoms in total. The van der Waals surface area contributed by atoms with Crippen LogP contribution in [-0.2, 0) is 11.3 Å². The lowest BCUT2D eigenvalue weighted by atomic mass is 10.2. The van der Waals surface area contributed by atoms with E-state index in [1.807, 2.05) is 24.3 Å². The monoisotopic (exact) mass is 357 g/mol. The van der Waals surface area contributed by atoms with Gasteiger partial charge in [-0.15, -0.1) is 0 Å². The van der Waals surface area contributed by atoms with Crippen molar-refractivity contribution in [3.8, 4) is 11.5 Å². The van der Waals surface area contributed by atoms with Crippen LogP contribution in [0.15, 0.2) is 48.5 Å². The molecule has 2 atom stereocenters.